The number of nitrogens with zero attached hydrogens (tertiary/aromatic N) is 2. The van der Waals surface area contributed by atoms with Crippen molar-refractivity contribution in [2.24, 2.45) is 0 Å². The second-order valence-electron chi connectivity index (χ2n) is 5.42. The lowest BCUT2D eigenvalue weighted by Gasteiger charge is -2.08. The minimum atomic E-state index is -4.47. The molecule has 0 saturated carbocycles. The average molecular weight is 375 g/mol. The molecule has 2 aromatic carbocycles. The molecule has 0 atom stereocenters. The Bertz CT molecular complexity index is 1110. The quantitative estimate of drug-likeness (QED) is 0.533. The van der Waals surface area contributed by atoms with Crippen LogP contribution < -0.4 is 5.50 Å². The Morgan fingerprint density at radius 2 is 1.80 bits per heavy atom. The summed E-state index contributed by atoms with van der Waals surface area (Å²) in [6.45, 7) is 0. The lowest BCUT2D eigenvalue weighted by molar-refractivity contribution is 0.377. The molecule has 4 aromatic rings. The Balaban J connectivity index is 2.01. The second kappa shape index (κ2) is 5.86. The van der Waals surface area contributed by atoms with Gasteiger partial charge in [0.25, 0.3) is 0 Å². The highest BCUT2D eigenvalue weighted by Gasteiger charge is 2.24. The Labute approximate surface area is 147 Å². The standard InChI is InChI=1S/C17H12ClN2O4P/c18-11-6-7-13-14(10-11)20(12-4-2-1-3-5-12)17(19-13)15-8-9-16(24-15)25(21,22)23/h1-10H,(H2,21,22,23). The summed E-state index contributed by atoms with van der Waals surface area (Å²) in [6, 6.07) is 17.5. The summed E-state index contributed by atoms with van der Waals surface area (Å²) in [5.74, 6) is 0.692. The van der Waals surface area contributed by atoms with Crippen LogP contribution in [0.3, 0.4) is 0 Å². The topological polar surface area (TPSA) is 88.5 Å². The van der Waals surface area contributed by atoms with Gasteiger partial charge in [-0.15, -0.1) is 0 Å². The lowest BCUT2D eigenvalue weighted by atomic mass is 10.2. The maximum Gasteiger partial charge on any atom is 0.391 e. The molecule has 0 radical (unpaired) electrons. The van der Waals surface area contributed by atoms with E-state index in [1.807, 2.05) is 34.9 Å². The molecule has 8 heteroatoms. The third-order valence-corrected chi connectivity index (χ3v) is 4.78. The molecule has 0 aliphatic heterocycles. The zero-order valence-electron chi connectivity index (χ0n) is 12.7. The molecule has 0 amide bonds. The van der Waals surface area contributed by atoms with E-state index >= 15 is 0 Å². The molecule has 2 N–H and O–H groups in total. The first-order valence-corrected chi connectivity index (χ1v) is 9.32. The molecule has 4 rings (SSSR count). The first-order chi connectivity index (χ1) is 11.9. The normalized spacial score (nSPS) is 12.0. The van der Waals surface area contributed by atoms with Gasteiger partial charge in [0.1, 0.15) is 0 Å². The Kier molecular flexibility index (Phi) is 3.78. The number of rotatable bonds is 3. The molecule has 6 nitrogen and oxygen atoms in total. The number of aromatic nitrogens is 2. The Hall–Kier alpha value is -2.37. The van der Waals surface area contributed by atoms with Gasteiger partial charge in [0.15, 0.2) is 11.6 Å². The van der Waals surface area contributed by atoms with Crippen molar-refractivity contribution < 1.29 is 18.8 Å². The van der Waals surface area contributed by atoms with Crippen LogP contribution in [0.25, 0.3) is 28.3 Å². The van der Waals surface area contributed by atoms with E-state index in [1.54, 1.807) is 18.2 Å². The molecule has 2 heterocycles. The molecule has 25 heavy (non-hydrogen) atoms. The smallest absolute Gasteiger partial charge is 0.391 e. The first-order valence-electron chi connectivity index (χ1n) is 7.33. The van der Waals surface area contributed by atoms with Crippen molar-refractivity contribution in [3.05, 3.63) is 65.7 Å². The summed E-state index contributed by atoms with van der Waals surface area (Å²) in [7, 11) is -4.47. The Morgan fingerprint density at radius 3 is 2.48 bits per heavy atom. The molecule has 0 spiro atoms. The fraction of sp³-hybridized carbons (Fsp3) is 0. The van der Waals surface area contributed by atoms with Crippen LogP contribution in [0, 0.1) is 0 Å². The highest BCUT2D eigenvalue weighted by Crippen LogP contribution is 2.36. The SMILES string of the molecule is O=P(O)(O)c1ccc(-c2nc3ccc(Cl)cc3n2-c2ccccc2)o1. The van der Waals surface area contributed by atoms with Gasteiger partial charge in [0.2, 0.25) is 5.50 Å². The summed E-state index contributed by atoms with van der Waals surface area (Å²) < 4.78 is 18.6. The zero-order chi connectivity index (χ0) is 17.6. The number of halogens is 1. The van der Waals surface area contributed by atoms with E-state index < -0.39 is 13.1 Å². The maximum absolute atomic E-state index is 11.4. The minimum Gasteiger partial charge on any atom is -0.445 e. The number of benzene rings is 2. The van der Waals surface area contributed by atoms with Crippen molar-refractivity contribution in [3.8, 4) is 17.3 Å². The third kappa shape index (κ3) is 2.90. The zero-order valence-corrected chi connectivity index (χ0v) is 14.4. The fourth-order valence-corrected chi connectivity index (χ4v) is 3.31. The molecule has 126 valence electrons. The van der Waals surface area contributed by atoms with Gasteiger partial charge in [-0.1, -0.05) is 29.8 Å². The van der Waals surface area contributed by atoms with Gasteiger partial charge in [-0.3, -0.25) is 9.13 Å². The fourth-order valence-electron chi connectivity index (χ4n) is 2.66. The minimum absolute atomic E-state index is 0.259. The number of hydrogen-bond donors (Lipinski definition) is 2. The molecule has 2 aromatic heterocycles. The number of hydrogen-bond acceptors (Lipinski definition) is 3. The van der Waals surface area contributed by atoms with E-state index in [1.165, 1.54) is 12.1 Å². The van der Waals surface area contributed by atoms with Gasteiger partial charge in [-0.25, -0.2) is 4.98 Å². The van der Waals surface area contributed by atoms with Crippen molar-refractivity contribution in [1.82, 2.24) is 9.55 Å². The molecule has 0 bridgehead atoms. The van der Waals surface area contributed by atoms with Crippen LogP contribution in [0.1, 0.15) is 0 Å². The summed E-state index contributed by atoms with van der Waals surface area (Å²) in [6.07, 6.45) is 0. The van der Waals surface area contributed by atoms with E-state index in [2.05, 4.69) is 4.98 Å². The van der Waals surface area contributed by atoms with E-state index in [0.717, 1.165) is 11.2 Å². The highest BCUT2D eigenvalue weighted by atomic mass is 35.5. The van der Waals surface area contributed by atoms with Crippen molar-refractivity contribution in [3.63, 3.8) is 0 Å². The van der Waals surface area contributed by atoms with Crippen molar-refractivity contribution in [2.75, 3.05) is 0 Å². The van der Waals surface area contributed by atoms with Gasteiger partial charge in [0.05, 0.1) is 11.0 Å². The number of fused-ring (bicyclic) bond motifs is 1. The van der Waals surface area contributed by atoms with E-state index in [9.17, 15) is 14.4 Å². The second-order valence-corrected chi connectivity index (χ2v) is 7.39. The predicted molar refractivity (Wildman–Crippen MR) is 95.5 cm³/mol. The molecular weight excluding hydrogens is 363 g/mol. The third-order valence-electron chi connectivity index (χ3n) is 3.73. The summed E-state index contributed by atoms with van der Waals surface area (Å²) in [5, 5.41) is 0.562. The Morgan fingerprint density at radius 1 is 1.04 bits per heavy atom. The van der Waals surface area contributed by atoms with Crippen LogP contribution in [-0.4, -0.2) is 19.3 Å². The lowest BCUT2D eigenvalue weighted by Crippen LogP contribution is -1.99. The van der Waals surface area contributed by atoms with Crippen molar-refractivity contribution in [2.45, 2.75) is 0 Å². The summed E-state index contributed by atoms with van der Waals surface area (Å²) in [4.78, 5) is 23.1. The van der Waals surface area contributed by atoms with Gasteiger partial charge in [-0.05, 0) is 42.5 Å². The number of para-hydroxylation sites is 1. The molecule has 0 unspecified atom stereocenters. The van der Waals surface area contributed by atoms with E-state index in [0.29, 0.717) is 16.4 Å². The molecule has 0 aliphatic rings. The monoisotopic (exact) mass is 374 g/mol. The first kappa shape index (κ1) is 16.1. The van der Waals surface area contributed by atoms with E-state index in [4.69, 9.17) is 16.0 Å². The van der Waals surface area contributed by atoms with Gasteiger partial charge < -0.3 is 14.2 Å². The van der Waals surface area contributed by atoms with Crippen LogP contribution in [-0.2, 0) is 4.57 Å². The van der Waals surface area contributed by atoms with Crippen molar-refractivity contribution >= 4 is 35.7 Å². The molecule has 0 fully saturated rings. The summed E-state index contributed by atoms with van der Waals surface area (Å²) in [5.41, 5.74) is 1.89. The van der Waals surface area contributed by atoms with Gasteiger partial charge in [0, 0.05) is 10.7 Å². The largest absolute Gasteiger partial charge is 0.445 e. The van der Waals surface area contributed by atoms with Crippen LogP contribution in [0.15, 0.2) is 65.1 Å². The van der Waals surface area contributed by atoms with E-state index in [-0.39, 0.29) is 5.76 Å². The predicted octanol–water partition coefficient (Wildman–Crippen LogP) is 3.74. The molecule has 0 aliphatic carbocycles. The number of furan rings is 1. The number of imidazole rings is 1. The van der Waals surface area contributed by atoms with Crippen LogP contribution in [0.2, 0.25) is 5.02 Å². The maximum atomic E-state index is 11.4. The summed E-state index contributed by atoms with van der Waals surface area (Å²) >= 11 is 6.13. The molecular formula is C17H12ClN2O4P. The van der Waals surface area contributed by atoms with Crippen LogP contribution in [0.5, 0.6) is 0 Å². The van der Waals surface area contributed by atoms with Gasteiger partial charge in [-0.2, -0.15) is 0 Å². The van der Waals surface area contributed by atoms with Crippen LogP contribution >= 0.6 is 19.2 Å². The molecule has 0 saturated heterocycles. The van der Waals surface area contributed by atoms with Gasteiger partial charge >= 0.3 is 7.60 Å². The van der Waals surface area contributed by atoms with Crippen LogP contribution in [0.4, 0.5) is 0 Å². The highest BCUT2D eigenvalue weighted by molar-refractivity contribution is 7.59. The van der Waals surface area contributed by atoms with Crippen molar-refractivity contribution in [1.29, 1.82) is 0 Å². The average Bonchev–Trinajstić information content (AvgIpc) is 3.19.